The molecule has 0 aliphatic rings. The monoisotopic (exact) mass is 253 g/mol. The van der Waals surface area contributed by atoms with E-state index in [2.05, 4.69) is 10.4 Å². The molecule has 2 N–H and O–H groups in total. The lowest BCUT2D eigenvalue weighted by Crippen LogP contribution is -2.40. The molecule has 100 valence electrons. The summed E-state index contributed by atoms with van der Waals surface area (Å²) in [5, 5.41) is 15.6. The lowest BCUT2D eigenvalue weighted by molar-refractivity contribution is -0.139. The van der Waals surface area contributed by atoms with Crippen LogP contribution in [0, 0.1) is 0 Å². The summed E-state index contributed by atoms with van der Waals surface area (Å²) < 4.78 is 1.47. The van der Waals surface area contributed by atoms with Gasteiger partial charge in [-0.2, -0.15) is 5.10 Å². The first-order chi connectivity index (χ1) is 8.36. The Balaban J connectivity index is 2.87. The molecule has 0 aliphatic heterocycles. The maximum Gasteiger partial charge on any atom is 0.326 e. The van der Waals surface area contributed by atoms with Crippen molar-refractivity contribution in [3.8, 4) is 0 Å². The van der Waals surface area contributed by atoms with Gasteiger partial charge >= 0.3 is 5.97 Å². The van der Waals surface area contributed by atoms with Crippen LogP contribution in [-0.2, 0) is 11.8 Å². The molecule has 1 atom stereocenters. The molecule has 1 amide bonds. The third-order valence-corrected chi connectivity index (χ3v) is 2.73. The van der Waals surface area contributed by atoms with Crippen LogP contribution < -0.4 is 5.32 Å². The number of hydrogen-bond acceptors (Lipinski definition) is 3. The summed E-state index contributed by atoms with van der Waals surface area (Å²) in [6.45, 7) is 5.67. The second kappa shape index (κ2) is 5.66. The minimum Gasteiger partial charge on any atom is -0.480 e. The zero-order valence-corrected chi connectivity index (χ0v) is 11.1. The van der Waals surface area contributed by atoms with Crippen molar-refractivity contribution in [2.24, 2.45) is 7.05 Å². The molecule has 0 saturated heterocycles. The van der Waals surface area contributed by atoms with Crippen LogP contribution in [0.25, 0.3) is 0 Å². The molecule has 1 aromatic rings. The zero-order chi connectivity index (χ0) is 13.9. The number of nitrogens with zero attached hydrogens (tertiary/aromatic N) is 2. The number of carbonyl (C=O) groups excluding carboxylic acids is 1. The highest BCUT2D eigenvalue weighted by molar-refractivity contribution is 5.95. The Labute approximate surface area is 106 Å². The highest BCUT2D eigenvalue weighted by Crippen LogP contribution is 2.13. The van der Waals surface area contributed by atoms with E-state index in [1.54, 1.807) is 20.0 Å². The number of hydrogen-bond donors (Lipinski definition) is 2. The van der Waals surface area contributed by atoms with E-state index < -0.39 is 17.9 Å². The predicted molar refractivity (Wildman–Crippen MR) is 66.5 cm³/mol. The summed E-state index contributed by atoms with van der Waals surface area (Å²) in [6.07, 6.45) is 0.343. The van der Waals surface area contributed by atoms with Crippen LogP contribution in [0.5, 0.6) is 0 Å². The van der Waals surface area contributed by atoms with Crippen molar-refractivity contribution in [3.05, 3.63) is 17.5 Å². The molecule has 0 fully saturated rings. The van der Waals surface area contributed by atoms with Crippen molar-refractivity contribution in [2.75, 3.05) is 0 Å². The Morgan fingerprint density at radius 1 is 1.50 bits per heavy atom. The van der Waals surface area contributed by atoms with Gasteiger partial charge in [-0.25, -0.2) is 4.79 Å². The number of aromatic nitrogens is 2. The van der Waals surface area contributed by atoms with Crippen LogP contribution in [0.15, 0.2) is 6.07 Å². The van der Waals surface area contributed by atoms with Crippen molar-refractivity contribution < 1.29 is 14.7 Å². The van der Waals surface area contributed by atoms with Gasteiger partial charge in [-0.1, -0.05) is 20.8 Å². The van der Waals surface area contributed by atoms with Crippen molar-refractivity contribution >= 4 is 11.9 Å². The second-order valence-corrected chi connectivity index (χ2v) is 4.51. The maximum atomic E-state index is 11.9. The zero-order valence-electron chi connectivity index (χ0n) is 11.1. The molecule has 1 rings (SSSR count). The second-order valence-electron chi connectivity index (χ2n) is 4.51. The summed E-state index contributed by atoms with van der Waals surface area (Å²) >= 11 is 0. The molecule has 1 aromatic heterocycles. The van der Waals surface area contributed by atoms with Crippen LogP contribution in [0.2, 0.25) is 0 Å². The fraction of sp³-hybridized carbons (Fsp3) is 0.583. The standard InChI is InChI=1S/C12H19N3O3/c1-5-8(12(17)18)13-11(16)10-6-9(7(2)3)14-15(10)4/h6-8H,5H2,1-4H3,(H,13,16)(H,17,18). The minimum atomic E-state index is -1.03. The molecule has 6 nitrogen and oxygen atoms in total. The van der Waals surface area contributed by atoms with Gasteiger partial charge in [0.2, 0.25) is 0 Å². The van der Waals surface area contributed by atoms with Crippen molar-refractivity contribution in [1.82, 2.24) is 15.1 Å². The maximum absolute atomic E-state index is 11.9. The SMILES string of the molecule is CCC(NC(=O)c1cc(C(C)C)nn1C)C(=O)O. The molecule has 6 heteroatoms. The van der Waals surface area contributed by atoms with Gasteiger partial charge < -0.3 is 10.4 Å². The van der Waals surface area contributed by atoms with Gasteiger partial charge in [-0.3, -0.25) is 9.48 Å². The average Bonchev–Trinajstić information content (AvgIpc) is 2.67. The summed E-state index contributed by atoms with van der Waals surface area (Å²) in [5.41, 5.74) is 1.18. The number of carboxylic acid groups (broad SMARTS) is 1. The van der Waals surface area contributed by atoms with Gasteiger partial charge in [0.1, 0.15) is 11.7 Å². The van der Waals surface area contributed by atoms with Gasteiger partial charge in [-0.05, 0) is 18.4 Å². The van der Waals surface area contributed by atoms with E-state index in [4.69, 9.17) is 5.11 Å². The predicted octanol–water partition coefficient (Wildman–Crippen LogP) is 1.14. The van der Waals surface area contributed by atoms with Crippen LogP contribution in [0.1, 0.15) is 49.3 Å². The summed E-state index contributed by atoms with van der Waals surface area (Å²) in [4.78, 5) is 22.8. The molecule has 18 heavy (non-hydrogen) atoms. The number of nitrogens with one attached hydrogen (secondary N) is 1. The number of aliphatic carboxylic acids is 1. The third-order valence-electron chi connectivity index (χ3n) is 2.73. The van der Waals surface area contributed by atoms with E-state index in [0.29, 0.717) is 12.1 Å². The van der Waals surface area contributed by atoms with Gasteiger partial charge in [0.25, 0.3) is 5.91 Å². The van der Waals surface area contributed by atoms with Gasteiger partial charge in [0.05, 0.1) is 5.69 Å². The van der Waals surface area contributed by atoms with Gasteiger partial charge in [0, 0.05) is 7.05 Å². The van der Waals surface area contributed by atoms with Crippen molar-refractivity contribution in [1.29, 1.82) is 0 Å². The number of aryl methyl sites for hydroxylation is 1. The van der Waals surface area contributed by atoms with E-state index in [9.17, 15) is 9.59 Å². The lowest BCUT2D eigenvalue weighted by Gasteiger charge is -2.11. The molecule has 0 spiro atoms. The first-order valence-corrected chi connectivity index (χ1v) is 5.94. The van der Waals surface area contributed by atoms with Gasteiger partial charge in [-0.15, -0.1) is 0 Å². The lowest BCUT2D eigenvalue weighted by atomic mass is 10.1. The van der Waals surface area contributed by atoms with Crippen LogP contribution in [0.4, 0.5) is 0 Å². The Morgan fingerprint density at radius 2 is 2.11 bits per heavy atom. The van der Waals surface area contributed by atoms with E-state index in [-0.39, 0.29) is 5.92 Å². The Kier molecular flexibility index (Phi) is 4.47. The quantitative estimate of drug-likeness (QED) is 0.824. The molecule has 0 bridgehead atoms. The van der Waals surface area contributed by atoms with E-state index in [0.717, 1.165) is 5.69 Å². The smallest absolute Gasteiger partial charge is 0.326 e. The van der Waals surface area contributed by atoms with Gasteiger partial charge in [0.15, 0.2) is 0 Å². The normalized spacial score (nSPS) is 12.5. The van der Waals surface area contributed by atoms with E-state index in [1.165, 1.54) is 4.68 Å². The minimum absolute atomic E-state index is 0.221. The summed E-state index contributed by atoms with van der Waals surface area (Å²) in [7, 11) is 1.67. The highest BCUT2D eigenvalue weighted by Gasteiger charge is 2.21. The van der Waals surface area contributed by atoms with Crippen LogP contribution >= 0.6 is 0 Å². The molecular formula is C12H19N3O3. The first-order valence-electron chi connectivity index (χ1n) is 5.94. The fourth-order valence-electron chi connectivity index (χ4n) is 1.55. The summed E-state index contributed by atoms with van der Waals surface area (Å²) in [5.74, 6) is -1.22. The fourth-order valence-corrected chi connectivity index (χ4v) is 1.55. The molecular weight excluding hydrogens is 234 g/mol. The number of amides is 1. The molecule has 0 aromatic carbocycles. The third kappa shape index (κ3) is 3.09. The Hall–Kier alpha value is -1.85. The van der Waals surface area contributed by atoms with E-state index in [1.807, 2.05) is 13.8 Å². The Bertz CT molecular complexity index is 451. The Morgan fingerprint density at radius 3 is 2.50 bits per heavy atom. The molecule has 1 heterocycles. The topological polar surface area (TPSA) is 84.2 Å². The molecule has 0 aliphatic carbocycles. The first kappa shape index (κ1) is 14.2. The molecule has 1 unspecified atom stereocenters. The van der Waals surface area contributed by atoms with Crippen molar-refractivity contribution in [3.63, 3.8) is 0 Å². The summed E-state index contributed by atoms with van der Waals surface area (Å²) in [6, 6.07) is 0.823. The highest BCUT2D eigenvalue weighted by atomic mass is 16.4. The van der Waals surface area contributed by atoms with Crippen LogP contribution in [-0.4, -0.2) is 32.8 Å². The molecule has 0 radical (unpaired) electrons. The molecule has 0 saturated carbocycles. The van der Waals surface area contributed by atoms with Crippen molar-refractivity contribution in [2.45, 2.75) is 39.2 Å². The number of carbonyl (C=O) groups is 2. The largest absolute Gasteiger partial charge is 0.480 e. The average molecular weight is 253 g/mol. The number of rotatable bonds is 5. The number of carboxylic acids is 1. The van der Waals surface area contributed by atoms with E-state index >= 15 is 0 Å². The van der Waals surface area contributed by atoms with Crippen LogP contribution in [0.3, 0.4) is 0 Å².